The Morgan fingerprint density at radius 3 is 2.52 bits per heavy atom. The van der Waals surface area contributed by atoms with Crippen LogP contribution in [0.4, 0.5) is 13.2 Å². The second-order valence-electron chi connectivity index (χ2n) is 9.85. The fraction of sp³-hybridized carbons (Fsp3) is 0.267. The van der Waals surface area contributed by atoms with Crippen LogP contribution in [0.15, 0.2) is 79.1 Å². The van der Waals surface area contributed by atoms with Gasteiger partial charge in [0.1, 0.15) is 12.1 Å². The van der Waals surface area contributed by atoms with Crippen LogP contribution in [0.1, 0.15) is 23.1 Å². The molecule has 0 radical (unpaired) electrons. The van der Waals surface area contributed by atoms with E-state index in [1.54, 1.807) is 51.8 Å². The second-order valence-corrected chi connectivity index (χ2v) is 9.85. The standard InChI is InChI=1S/C30H29F3N4O3/c1-20-7-10-23(11-8-20)37-26-12-9-22(15-21(26)16-35-37)29(39,19-30(31,32)33)25-17-36(18-28(38)34-13-14-40-2)27-6-4-3-5-24(25)27/h3-12,15-17,39H,13-14,18-19H2,1-2H3,(H,34,38). The van der Waals surface area contributed by atoms with Gasteiger partial charge in [0.05, 0.1) is 30.4 Å². The number of carbonyl (C=O) groups excluding carboxylic acids is 1. The molecule has 7 nitrogen and oxygen atoms in total. The zero-order valence-corrected chi connectivity index (χ0v) is 22.1. The van der Waals surface area contributed by atoms with E-state index in [0.29, 0.717) is 35.0 Å². The number of aryl methyl sites for hydroxylation is 1. The second kappa shape index (κ2) is 10.8. The van der Waals surface area contributed by atoms with Gasteiger partial charge in [-0.2, -0.15) is 18.3 Å². The summed E-state index contributed by atoms with van der Waals surface area (Å²) in [6.07, 6.45) is -3.19. The molecule has 208 valence electrons. The van der Waals surface area contributed by atoms with Crippen LogP contribution in [0.3, 0.4) is 0 Å². The van der Waals surface area contributed by atoms with Crippen LogP contribution >= 0.6 is 0 Å². The number of hydrogen-bond donors (Lipinski definition) is 2. The quantitative estimate of drug-likeness (QED) is 0.246. The number of aliphatic hydroxyl groups is 1. The number of ether oxygens (including phenoxy) is 1. The van der Waals surface area contributed by atoms with Gasteiger partial charge >= 0.3 is 6.18 Å². The molecular weight excluding hydrogens is 521 g/mol. The third kappa shape index (κ3) is 5.45. The maximum atomic E-state index is 14.0. The van der Waals surface area contributed by atoms with Crippen molar-refractivity contribution in [3.63, 3.8) is 0 Å². The molecule has 2 heterocycles. The van der Waals surface area contributed by atoms with E-state index in [1.165, 1.54) is 19.4 Å². The summed E-state index contributed by atoms with van der Waals surface area (Å²) in [5.41, 5.74) is 0.849. The Bertz CT molecular complexity index is 1660. The summed E-state index contributed by atoms with van der Waals surface area (Å²) in [6, 6.07) is 19.2. The Hall–Kier alpha value is -4.15. The van der Waals surface area contributed by atoms with Crippen molar-refractivity contribution in [1.29, 1.82) is 0 Å². The third-order valence-electron chi connectivity index (χ3n) is 6.96. The molecule has 10 heteroatoms. The summed E-state index contributed by atoms with van der Waals surface area (Å²) in [5.74, 6) is -0.325. The molecule has 1 unspecified atom stereocenters. The topological polar surface area (TPSA) is 81.3 Å². The molecule has 0 aliphatic rings. The van der Waals surface area contributed by atoms with Crippen molar-refractivity contribution in [3.05, 3.63) is 95.8 Å². The number of para-hydroxylation sites is 1. The maximum Gasteiger partial charge on any atom is 0.392 e. The van der Waals surface area contributed by atoms with Crippen molar-refractivity contribution in [2.24, 2.45) is 0 Å². The Morgan fingerprint density at radius 1 is 1.05 bits per heavy atom. The lowest BCUT2D eigenvalue weighted by atomic mass is 9.82. The Kier molecular flexibility index (Phi) is 7.39. The van der Waals surface area contributed by atoms with E-state index >= 15 is 0 Å². The van der Waals surface area contributed by atoms with Crippen LogP contribution in [0, 0.1) is 6.92 Å². The molecule has 0 aliphatic carbocycles. The molecule has 0 saturated carbocycles. The molecule has 2 aromatic heterocycles. The van der Waals surface area contributed by atoms with E-state index in [1.807, 2.05) is 31.2 Å². The maximum absolute atomic E-state index is 14.0. The van der Waals surface area contributed by atoms with Crippen LogP contribution < -0.4 is 5.32 Å². The van der Waals surface area contributed by atoms with Crippen LogP contribution in [-0.2, 0) is 21.7 Å². The average Bonchev–Trinajstić information content (AvgIpc) is 3.50. The summed E-state index contributed by atoms with van der Waals surface area (Å²) in [4.78, 5) is 12.5. The zero-order valence-electron chi connectivity index (χ0n) is 22.1. The van der Waals surface area contributed by atoms with E-state index in [2.05, 4.69) is 10.4 Å². The molecule has 3 aromatic carbocycles. The predicted molar refractivity (Wildman–Crippen MR) is 146 cm³/mol. The summed E-state index contributed by atoms with van der Waals surface area (Å²) in [5, 5.41) is 20.1. The number of aromatic nitrogens is 3. The predicted octanol–water partition coefficient (Wildman–Crippen LogP) is 5.24. The highest BCUT2D eigenvalue weighted by Gasteiger charge is 2.45. The smallest absolute Gasteiger partial charge is 0.383 e. The van der Waals surface area contributed by atoms with E-state index in [0.717, 1.165) is 11.3 Å². The van der Waals surface area contributed by atoms with Gasteiger partial charge in [-0.05, 0) is 42.8 Å². The first-order valence-corrected chi connectivity index (χ1v) is 12.8. The minimum absolute atomic E-state index is 0.0652. The van der Waals surface area contributed by atoms with E-state index in [-0.39, 0.29) is 23.6 Å². The lowest BCUT2D eigenvalue weighted by Gasteiger charge is -2.30. The molecular formula is C30H29F3N4O3. The molecule has 40 heavy (non-hydrogen) atoms. The van der Waals surface area contributed by atoms with E-state index < -0.39 is 18.2 Å². The van der Waals surface area contributed by atoms with Gasteiger partial charge in [-0.25, -0.2) is 4.68 Å². The highest BCUT2D eigenvalue weighted by molar-refractivity contribution is 5.88. The van der Waals surface area contributed by atoms with Crippen molar-refractivity contribution < 1.29 is 27.8 Å². The largest absolute Gasteiger partial charge is 0.392 e. The van der Waals surface area contributed by atoms with Crippen LogP contribution in [0.2, 0.25) is 0 Å². The van der Waals surface area contributed by atoms with E-state index in [9.17, 15) is 23.1 Å². The number of benzene rings is 3. The Morgan fingerprint density at radius 2 is 1.80 bits per heavy atom. The van der Waals surface area contributed by atoms with Crippen LogP contribution in [0.5, 0.6) is 0 Å². The molecule has 2 N–H and O–H groups in total. The highest BCUT2D eigenvalue weighted by Crippen LogP contribution is 2.44. The minimum Gasteiger partial charge on any atom is -0.383 e. The lowest BCUT2D eigenvalue weighted by Crippen LogP contribution is -2.33. The lowest BCUT2D eigenvalue weighted by molar-refractivity contribution is -0.169. The molecule has 5 rings (SSSR count). The number of halogens is 3. The van der Waals surface area contributed by atoms with Gasteiger partial charge in [-0.15, -0.1) is 0 Å². The molecule has 0 spiro atoms. The molecule has 5 aromatic rings. The van der Waals surface area contributed by atoms with Gasteiger partial charge in [-0.3, -0.25) is 4.79 Å². The highest BCUT2D eigenvalue weighted by atomic mass is 19.4. The number of nitrogens with zero attached hydrogens (tertiary/aromatic N) is 3. The number of alkyl halides is 3. The Balaban J connectivity index is 1.60. The van der Waals surface area contributed by atoms with Gasteiger partial charge in [0.25, 0.3) is 0 Å². The monoisotopic (exact) mass is 550 g/mol. The fourth-order valence-corrected chi connectivity index (χ4v) is 5.04. The van der Waals surface area contributed by atoms with Gasteiger partial charge < -0.3 is 19.7 Å². The SMILES string of the molecule is COCCNC(=O)Cn1cc(C(O)(CC(F)(F)F)c2ccc3c(cnn3-c3ccc(C)cc3)c2)c2ccccc21. The van der Waals surface area contributed by atoms with E-state index in [4.69, 9.17) is 4.74 Å². The molecule has 1 atom stereocenters. The summed E-state index contributed by atoms with van der Waals surface area (Å²) >= 11 is 0. The van der Waals surface area contributed by atoms with Crippen molar-refractivity contribution in [3.8, 4) is 5.69 Å². The number of hydrogen-bond acceptors (Lipinski definition) is 4. The van der Waals surface area contributed by atoms with Crippen molar-refractivity contribution in [1.82, 2.24) is 19.7 Å². The van der Waals surface area contributed by atoms with Crippen LogP contribution in [0.25, 0.3) is 27.5 Å². The van der Waals surface area contributed by atoms with Gasteiger partial charge in [-0.1, -0.05) is 42.0 Å². The Labute approximate surface area is 228 Å². The van der Waals surface area contributed by atoms with Crippen molar-refractivity contribution in [2.75, 3.05) is 20.3 Å². The molecule has 1 amide bonds. The summed E-state index contributed by atoms with van der Waals surface area (Å²) < 4.78 is 50.3. The van der Waals surface area contributed by atoms with Gasteiger partial charge in [0, 0.05) is 41.7 Å². The summed E-state index contributed by atoms with van der Waals surface area (Å²) in [7, 11) is 1.52. The average molecular weight is 551 g/mol. The number of carbonyl (C=O) groups is 1. The first kappa shape index (κ1) is 27.4. The number of nitrogens with one attached hydrogen (secondary N) is 1. The summed E-state index contributed by atoms with van der Waals surface area (Å²) in [6.45, 7) is 2.48. The molecule has 0 saturated heterocycles. The third-order valence-corrected chi connectivity index (χ3v) is 6.96. The molecule has 0 fully saturated rings. The van der Waals surface area contributed by atoms with Gasteiger partial charge in [0.15, 0.2) is 0 Å². The van der Waals surface area contributed by atoms with Crippen molar-refractivity contribution in [2.45, 2.75) is 31.7 Å². The molecule has 0 bridgehead atoms. The number of methoxy groups -OCH3 is 1. The minimum atomic E-state index is -4.68. The number of amides is 1. The zero-order chi connectivity index (χ0) is 28.5. The fourth-order valence-electron chi connectivity index (χ4n) is 5.04. The first-order chi connectivity index (χ1) is 19.1. The first-order valence-electron chi connectivity index (χ1n) is 12.8. The van der Waals surface area contributed by atoms with Crippen LogP contribution in [-0.4, -0.2) is 51.8 Å². The number of rotatable bonds is 9. The molecule has 0 aliphatic heterocycles. The van der Waals surface area contributed by atoms with Crippen molar-refractivity contribution >= 4 is 27.7 Å². The van der Waals surface area contributed by atoms with Gasteiger partial charge in [0.2, 0.25) is 5.91 Å². The normalized spacial score (nSPS) is 13.6. The number of fused-ring (bicyclic) bond motifs is 2.